The van der Waals surface area contributed by atoms with Crippen LogP contribution in [0.5, 0.6) is 0 Å². The van der Waals surface area contributed by atoms with Gasteiger partial charge in [0, 0.05) is 12.6 Å². The molecule has 1 heterocycles. The van der Waals surface area contributed by atoms with Crippen LogP contribution in [0.2, 0.25) is 0 Å². The van der Waals surface area contributed by atoms with Gasteiger partial charge in [0.25, 0.3) is 0 Å². The Balaban J connectivity index is 2.68. The third-order valence-corrected chi connectivity index (χ3v) is 5.61. The first-order chi connectivity index (χ1) is 8.58. The van der Waals surface area contributed by atoms with Gasteiger partial charge >= 0.3 is 0 Å². The fourth-order valence-electron chi connectivity index (χ4n) is 3.63. The summed E-state index contributed by atoms with van der Waals surface area (Å²) in [7, 11) is 0. The van der Waals surface area contributed by atoms with E-state index in [0.29, 0.717) is 5.41 Å². The molecule has 0 aromatic carbocycles. The van der Waals surface area contributed by atoms with Gasteiger partial charge in [-0.1, -0.05) is 33.6 Å². The highest BCUT2D eigenvalue weighted by Crippen LogP contribution is 2.35. The summed E-state index contributed by atoms with van der Waals surface area (Å²) in [6.07, 6.45) is 8.04. The average molecular weight is 272 g/mol. The minimum atomic E-state index is 0.456. The van der Waals surface area contributed by atoms with Crippen molar-refractivity contribution in [3.63, 3.8) is 0 Å². The monoisotopic (exact) mass is 271 g/mol. The van der Waals surface area contributed by atoms with Crippen LogP contribution in [0.25, 0.3) is 0 Å². The third-order valence-electron chi connectivity index (χ3n) is 4.94. The molecule has 1 aliphatic rings. The van der Waals surface area contributed by atoms with Gasteiger partial charge in [0.2, 0.25) is 0 Å². The minimum Gasteiger partial charge on any atom is -0.300 e. The van der Waals surface area contributed by atoms with Crippen molar-refractivity contribution in [1.29, 1.82) is 0 Å². The SMILES string of the molecule is CCCC(CS)(CCC)CN1CCCC(C)C1C. The molecule has 1 aliphatic heterocycles. The van der Waals surface area contributed by atoms with E-state index in [1.807, 2.05) is 0 Å². The molecule has 0 radical (unpaired) electrons. The predicted molar refractivity (Wildman–Crippen MR) is 85.5 cm³/mol. The first-order valence-electron chi connectivity index (χ1n) is 7.93. The van der Waals surface area contributed by atoms with Crippen molar-refractivity contribution in [2.75, 3.05) is 18.8 Å². The van der Waals surface area contributed by atoms with E-state index in [-0.39, 0.29) is 0 Å². The van der Waals surface area contributed by atoms with Crippen molar-refractivity contribution in [3.05, 3.63) is 0 Å². The van der Waals surface area contributed by atoms with Gasteiger partial charge in [0.1, 0.15) is 0 Å². The maximum absolute atomic E-state index is 4.69. The quantitative estimate of drug-likeness (QED) is 0.661. The summed E-state index contributed by atoms with van der Waals surface area (Å²) in [4.78, 5) is 2.75. The third kappa shape index (κ3) is 4.16. The molecule has 1 fully saturated rings. The molecule has 1 rings (SSSR count). The molecule has 2 atom stereocenters. The zero-order valence-electron chi connectivity index (χ0n) is 12.9. The van der Waals surface area contributed by atoms with Crippen molar-refractivity contribution in [1.82, 2.24) is 4.90 Å². The lowest BCUT2D eigenvalue weighted by Crippen LogP contribution is -2.48. The Hall–Kier alpha value is 0.310. The van der Waals surface area contributed by atoms with Gasteiger partial charge in [0.05, 0.1) is 0 Å². The normalized spacial score (nSPS) is 26.5. The molecule has 0 N–H and O–H groups in total. The van der Waals surface area contributed by atoms with Gasteiger partial charge in [-0.15, -0.1) is 0 Å². The van der Waals surface area contributed by atoms with Crippen LogP contribution in [0.4, 0.5) is 0 Å². The van der Waals surface area contributed by atoms with Crippen LogP contribution in [0.15, 0.2) is 0 Å². The Morgan fingerprint density at radius 3 is 2.28 bits per heavy atom. The van der Waals surface area contributed by atoms with Gasteiger partial charge < -0.3 is 0 Å². The summed E-state index contributed by atoms with van der Waals surface area (Å²) in [6.45, 7) is 12.0. The molecule has 1 nitrogen and oxygen atoms in total. The summed E-state index contributed by atoms with van der Waals surface area (Å²) < 4.78 is 0. The Morgan fingerprint density at radius 1 is 1.17 bits per heavy atom. The number of likely N-dealkylation sites (tertiary alicyclic amines) is 1. The van der Waals surface area contributed by atoms with E-state index >= 15 is 0 Å². The van der Waals surface area contributed by atoms with E-state index in [1.165, 1.54) is 51.6 Å². The zero-order chi connectivity index (χ0) is 13.6. The molecule has 0 spiro atoms. The molecule has 2 unspecified atom stereocenters. The minimum absolute atomic E-state index is 0.456. The largest absolute Gasteiger partial charge is 0.300 e. The second-order valence-electron chi connectivity index (χ2n) is 6.49. The number of hydrogen-bond acceptors (Lipinski definition) is 2. The van der Waals surface area contributed by atoms with E-state index < -0.39 is 0 Å². The fourth-order valence-corrected chi connectivity index (χ4v) is 4.04. The molecule has 0 saturated carbocycles. The van der Waals surface area contributed by atoms with Crippen molar-refractivity contribution in [2.45, 2.75) is 72.3 Å². The molecular formula is C16H33NS. The van der Waals surface area contributed by atoms with Crippen molar-refractivity contribution in [2.24, 2.45) is 11.3 Å². The highest BCUT2D eigenvalue weighted by molar-refractivity contribution is 7.80. The number of thiol groups is 1. The summed E-state index contributed by atoms with van der Waals surface area (Å²) in [5, 5.41) is 0. The highest BCUT2D eigenvalue weighted by Gasteiger charge is 2.33. The van der Waals surface area contributed by atoms with E-state index in [0.717, 1.165) is 17.7 Å². The molecule has 0 bridgehead atoms. The smallest absolute Gasteiger partial charge is 0.00928 e. The predicted octanol–water partition coefficient (Wildman–Crippen LogP) is 4.62. The number of nitrogens with zero attached hydrogens (tertiary/aromatic N) is 1. The molecule has 0 aromatic rings. The lowest BCUT2D eigenvalue weighted by atomic mass is 9.79. The Labute approximate surface area is 120 Å². The van der Waals surface area contributed by atoms with Gasteiger partial charge in [-0.3, -0.25) is 4.90 Å². The first kappa shape index (κ1) is 16.4. The fraction of sp³-hybridized carbons (Fsp3) is 1.00. The van der Waals surface area contributed by atoms with Gasteiger partial charge in [-0.25, -0.2) is 0 Å². The Bertz CT molecular complexity index is 223. The summed E-state index contributed by atoms with van der Waals surface area (Å²) in [5.41, 5.74) is 0.456. The number of rotatable bonds is 7. The molecule has 18 heavy (non-hydrogen) atoms. The van der Waals surface area contributed by atoms with E-state index in [9.17, 15) is 0 Å². The van der Waals surface area contributed by atoms with E-state index in [4.69, 9.17) is 12.6 Å². The van der Waals surface area contributed by atoms with Crippen molar-refractivity contribution < 1.29 is 0 Å². The first-order valence-corrected chi connectivity index (χ1v) is 8.56. The molecule has 0 aliphatic carbocycles. The molecule has 0 aromatic heterocycles. The van der Waals surface area contributed by atoms with Crippen LogP contribution in [-0.4, -0.2) is 29.8 Å². The van der Waals surface area contributed by atoms with Crippen molar-refractivity contribution in [3.8, 4) is 0 Å². The highest BCUT2D eigenvalue weighted by atomic mass is 32.1. The molecular weight excluding hydrogens is 238 g/mol. The molecule has 1 saturated heterocycles. The van der Waals surface area contributed by atoms with Gasteiger partial charge in [-0.2, -0.15) is 12.6 Å². The standard InChI is InChI=1S/C16H33NS/c1-5-9-16(13-18,10-6-2)12-17-11-7-8-14(3)15(17)4/h14-15,18H,5-13H2,1-4H3. The lowest BCUT2D eigenvalue weighted by molar-refractivity contribution is 0.0597. The molecule has 108 valence electrons. The van der Waals surface area contributed by atoms with Gasteiger partial charge in [-0.05, 0) is 56.2 Å². The summed E-state index contributed by atoms with van der Waals surface area (Å²) >= 11 is 4.69. The van der Waals surface area contributed by atoms with Crippen LogP contribution in [-0.2, 0) is 0 Å². The van der Waals surface area contributed by atoms with E-state index in [1.54, 1.807) is 0 Å². The van der Waals surface area contributed by atoms with Crippen LogP contribution >= 0.6 is 12.6 Å². The Kier molecular flexibility index (Phi) is 7.08. The van der Waals surface area contributed by atoms with Crippen LogP contribution in [0.1, 0.15) is 66.2 Å². The summed E-state index contributed by atoms with van der Waals surface area (Å²) in [5.74, 6) is 1.91. The average Bonchev–Trinajstić information content (AvgIpc) is 2.35. The zero-order valence-corrected chi connectivity index (χ0v) is 13.8. The summed E-state index contributed by atoms with van der Waals surface area (Å²) in [6, 6.07) is 0.756. The van der Waals surface area contributed by atoms with Crippen LogP contribution < -0.4 is 0 Å². The van der Waals surface area contributed by atoms with Gasteiger partial charge in [0.15, 0.2) is 0 Å². The van der Waals surface area contributed by atoms with Crippen LogP contribution in [0.3, 0.4) is 0 Å². The Morgan fingerprint density at radius 2 is 1.78 bits per heavy atom. The maximum Gasteiger partial charge on any atom is 0.00928 e. The topological polar surface area (TPSA) is 3.24 Å². The maximum atomic E-state index is 4.69. The lowest BCUT2D eigenvalue weighted by Gasteiger charge is -2.44. The number of hydrogen-bond donors (Lipinski definition) is 1. The van der Waals surface area contributed by atoms with Crippen LogP contribution in [0, 0.1) is 11.3 Å². The number of piperidine rings is 1. The molecule has 0 amide bonds. The second kappa shape index (κ2) is 7.79. The van der Waals surface area contributed by atoms with Crippen molar-refractivity contribution >= 4 is 12.6 Å². The van der Waals surface area contributed by atoms with E-state index in [2.05, 4.69) is 32.6 Å². The second-order valence-corrected chi connectivity index (χ2v) is 6.80. The molecule has 2 heteroatoms.